The van der Waals surface area contributed by atoms with E-state index in [1.807, 2.05) is 0 Å². The molecule has 0 N–H and O–H groups in total. The van der Waals surface area contributed by atoms with Gasteiger partial charge in [-0.15, -0.1) is 0 Å². The summed E-state index contributed by atoms with van der Waals surface area (Å²) in [5.74, 6) is 0. The minimum absolute atomic E-state index is 0. The van der Waals surface area contributed by atoms with Crippen LogP contribution in [-0.4, -0.2) is 21.9 Å². The zero-order valence-electron chi connectivity index (χ0n) is 2.32. The lowest BCUT2D eigenvalue weighted by Crippen LogP contribution is -0.382. The molecule has 0 rings (SSSR count). The smallest absolute Gasteiger partial charge is 0 e. The van der Waals surface area contributed by atoms with Crippen LogP contribution in [0.3, 0.4) is 0 Å². The van der Waals surface area contributed by atoms with Crippen LogP contribution in [0.1, 0.15) is 0 Å². The van der Waals surface area contributed by atoms with Crippen molar-refractivity contribution in [3.63, 3.8) is 0 Å². The molecule has 5 heavy (non-hydrogen) atoms. The fourth-order valence-corrected chi connectivity index (χ4v) is 0. The van der Waals surface area contributed by atoms with Crippen LogP contribution >= 0.6 is 0 Å². The van der Waals surface area contributed by atoms with Crippen molar-refractivity contribution >= 4 is 21.9 Å². The molecule has 16 radical (unpaired) electrons. The zero-order valence-corrected chi connectivity index (χ0v) is 4.32. The molecule has 0 heterocycles. The highest BCUT2D eigenvalue weighted by molar-refractivity contribution is 5.76. The lowest BCUT2D eigenvalue weighted by atomic mass is 12.0. The van der Waals surface area contributed by atoms with Gasteiger partial charge in [-0.1, -0.05) is 0 Å². The van der Waals surface area contributed by atoms with E-state index in [2.05, 4.69) is 0 Å². The fourth-order valence-electron chi connectivity index (χ4n) is 0. The maximum absolute atomic E-state index is 0. The molecule has 2 nitrogen and oxygen atoms in total. The van der Waals surface area contributed by atoms with Gasteiger partial charge in [0.25, 0.3) is 0 Å². The van der Waals surface area contributed by atoms with E-state index in [0.717, 1.165) is 0 Å². The fraction of sp³-hybridized carbons (Fsp3) is 0. The Morgan fingerprint density at radius 3 is 0.600 bits per heavy atom. The van der Waals surface area contributed by atoms with Crippen molar-refractivity contribution in [2.75, 3.05) is 0 Å². The average molecular weight is 100 g/mol. The van der Waals surface area contributed by atoms with E-state index in [1.165, 1.54) is 0 Å². The molecule has 0 fully saturated rings. The highest BCUT2D eigenvalue weighted by atomic mass is 28.1. The van der Waals surface area contributed by atoms with E-state index < -0.39 is 0 Å². The predicted octanol–water partition coefficient (Wildman–Crippen LogP) is -0.918. The van der Waals surface area contributed by atoms with Gasteiger partial charge in [0.2, 0.25) is 0 Å². The van der Waals surface area contributed by atoms with Crippen LogP contribution < -0.4 is 0 Å². The largest absolute Gasteiger partial charge is 0 e. The van der Waals surface area contributed by atoms with Gasteiger partial charge in [0.1, 0.15) is 0 Å². The summed E-state index contributed by atoms with van der Waals surface area (Å²) in [6.45, 7) is 0. The van der Waals surface area contributed by atoms with Crippen LogP contribution in [0.2, 0.25) is 0 Å². The van der Waals surface area contributed by atoms with Gasteiger partial charge in [0, 0.05) is 40.3 Å². The quantitative estimate of drug-likeness (QED) is 0.354. The average Bonchev–Trinajstić information content (AvgIpc) is 0. The Balaban J connectivity index is 0. The van der Waals surface area contributed by atoms with Crippen molar-refractivity contribution in [3.8, 4) is 0 Å². The standard InChI is InChI=1S/C.2O.2Si. The number of rotatable bonds is 0. The van der Waals surface area contributed by atoms with Crippen LogP contribution in [0.4, 0.5) is 0 Å². The van der Waals surface area contributed by atoms with E-state index in [9.17, 15) is 0 Å². The first kappa shape index (κ1) is 811. The van der Waals surface area contributed by atoms with E-state index >= 15 is 0 Å². The molecule has 0 aliphatic rings. The Morgan fingerprint density at radius 2 is 0.600 bits per heavy atom. The molecule has 0 unspecified atom stereocenters. The molecule has 0 saturated carbocycles. The third-order valence-corrected chi connectivity index (χ3v) is 0. The summed E-state index contributed by atoms with van der Waals surface area (Å²) in [6, 6.07) is 0. The molecule has 0 bridgehead atoms. The van der Waals surface area contributed by atoms with Gasteiger partial charge < -0.3 is 0 Å². The van der Waals surface area contributed by atoms with Crippen molar-refractivity contribution in [1.82, 2.24) is 0 Å². The van der Waals surface area contributed by atoms with Gasteiger partial charge in [0.15, 0.2) is 0 Å². The van der Waals surface area contributed by atoms with Crippen molar-refractivity contribution < 1.29 is 11.0 Å². The number of hydrogen-bond acceptors (Lipinski definition) is 0. The summed E-state index contributed by atoms with van der Waals surface area (Å²) in [5, 5.41) is 0. The lowest BCUT2D eigenvalue weighted by Gasteiger charge is -0.00100. The van der Waals surface area contributed by atoms with Crippen molar-refractivity contribution in [2.45, 2.75) is 0 Å². The summed E-state index contributed by atoms with van der Waals surface area (Å²) >= 11 is 0. The number of hydrogen-bond donors (Lipinski definition) is 0. The molecule has 0 aliphatic carbocycles. The Kier molecular flexibility index (Phi) is 63500. The van der Waals surface area contributed by atoms with Gasteiger partial charge >= 0.3 is 0 Å². The summed E-state index contributed by atoms with van der Waals surface area (Å²) < 4.78 is 0. The van der Waals surface area contributed by atoms with Gasteiger partial charge in [-0.2, -0.15) is 0 Å². The summed E-state index contributed by atoms with van der Waals surface area (Å²) in [6.07, 6.45) is 0. The molecule has 0 aromatic rings. The first-order valence-corrected chi connectivity index (χ1v) is 0. The van der Waals surface area contributed by atoms with Crippen molar-refractivity contribution in [1.29, 1.82) is 0 Å². The highest BCUT2D eigenvalue weighted by Gasteiger charge is 0.00400. The molecule has 4 heteroatoms. The van der Waals surface area contributed by atoms with Crippen molar-refractivity contribution in [3.05, 3.63) is 7.43 Å². The molecule has 0 atom stereocenters. The minimum atomic E-state index is 0. The molecule has 0 saturated heterocycles. The monoisotopic (exact) mass is 99.9 g/mol. The minimum Gasteiger partial charge on any atom is 0 e. The second kappa shape index (κ2) is 391. The second-order valence-electron chi connectivity index (χ2n) is 0. The predicted molar refractivity (Wildman–Crippen MR) is 16.1 cm³/mol. The molecule has 0 aromatic carbocycles. The highest BCUT2D eigenvalue weighted by Crippen LogP contribution is 0.0813. The Morgan fingerprint density at radius 1 is 0.600 bits per heavy atom. The molecule has 0 spiro atoms. The molecule has 24 valence electrons. The molecular formula is CO2Si2. The van der Waals surface area contributed by atoms with Gasteiger partial charge in [-0.05, 0) is 0 Å². The van der Waals surface area contributed by atoms with Crippen molar-refractivity contribution in [2.24, 2.45) is 0 Å². The normalized spacial score (nSPS) is 0. The van der Waals surface area contributed by atoms with E-state index in [-0.39, 0.29) is 40.3 Å². The Labute approximate surface area is 41.2 Å². The van der Waals surface area contributed by atoms with Crippen LogP contribution in [0.25, 0.3) is 0 Å². The lowest BCUT2D eigenvalue weighted by molar-refractivity contribution is 0.685. The van der Waals surface area contributed by atoms with E-state index in [0.29, 0.717) is 0 Å². The Bertz CT molecular complexity index is 7.61. The van der Waals surface area contributed by atoms with E-state index in [4.69, 9.17) is 0 Å². The molecule has 0 aliphatic heterocycles. The van der Waals surface area contributed by atoms with Gasteiger partial charge in [-0.3, -0.25) is 0 Å². The zero-order chi connectivity index (χ0) is 0. The third-order valence-electron chi connectivity index (χ3n) is 0. The Hall–Kier alpha value is 0.354. The third kappa shape index (κ3) is 193. The first-order chi connectivity index (χ1) is 0. The van der Waals surface area contributed by atoms with Gasteiger partial charge in [-0.25, -0.2) is 0 Å². The van der Waals surface area contributed by atoms with E-state index in [1.54, 1.807) is 0 Å². The second-order valence-corrected chi connectivity index (χ2v) is 0. The first-order valence-electron chi connectivity index (χ1n) is 0. The maximum Gasteiger partial charge on any atom is 0 e. The van der Waals surface area contributed by atoms with Crippen LogP contribution in [0.5, 0.6) is 0 Å². The molecular weight excluding hydrogens is 100 g/mol. The summed E-state index contributed by atoms with van der Waals surface area (Å²) in [7, 11) is 0. The summed E-state index contributed by atoms with van der Waals surface area (Å²) in [4.78, 5) is 0. The SMILES string of the molecule is [C].[O].[O].[Si].[Si]. The van der Waals surface area contributed by atoms with Crippen LogP contribution in [0.15, 0.2) is 0 Å². The van der Waals surface area contributed by atoms with Crippen LogP contribution in [-0.2, 0) is 11.0 Å². The topological polar surface area (TPSA) is 57.0 Å². The maximum atomic E-state index is 0. The molecule has 0 amide bonds. The van der Waals surface area contributed by atoms with Gasteiger partial charge in [0.05, 0.1) is 0 Å². The van der Waals surface area contributed by atoms with Crippen LogP contribution in [0, 0.1) is 7.43 Å². The molecule has 0 aromatic heterocycles. The summed E-state index contributed by atoms with van der Waals surface area (Å²) in [5.41, 5.74) is 0.